The van der Waals surface area contributed by atoms with Crippen molar-refractivity contribution >= 4 is 17.7 Å². The molecule has 0 aromatic rings. The van der Waals surface area contributed by atoms with Crippen LogP contribution in [0.5, 0.6) is 0 Å². The molecule has 4 rings (SSSR count). The lowest BCUT2D eigenvalue weighted by Gasteiger charge is -2.58. The van der Waals surface area contributed by atoms with E-state index in [1.807, 2.05) is 0 Å². The minimum Gasteiger partial charge on any atom is -0.463 e. The average molecular weight is 392 g/mol. The first-order valence-corrected chi connectivity index (χ1v) is 10.7. The zero-order chi connectivity index (χ0) is 20.3. The van der Waals surface area contributed by atoms with E-state index in [-0.39, 0.29) is 47.2 Å². The predicted molar refractivity (Wildman–Crippen MR) is 100 cm³/mol. The first-order valence-electron chi connectivity index (χ1n) is 10.7. The van der Waals surface area contributed by atoms with Gasteiger partial charge in [-0.1, -0.05) is 6.92 Å². The number of carbonyl (C=O) groups excluding carboxylic acids is 3. The summed E-state index contributed by atoms with van der Waals surface area (Å²) >= 11 is 0. The van der Waals surface area contributed by atoms with Crippen molar-refractivity contribution in [2.75, 3.05) is 0 Å². The Morgan fingerprint density at radius 1 is 1.00 bits per heavy atom. The Hall–Kier alpha value is -1.43. The minimum absolute atomic E-state index is 0.0851. The number of ketones is 1. The molecule has 0 aliphatic heterocycles. The minimum atomic E-state index is -0.989. The highest BCUT2D eigenvalue weighted by Gasteiger charge is 2.64. The van der Waals surface area contributed by atoms with Gasteiger partial charge in [-0.15, -0.1) is 0 Å². The van der Waals surface area contributed by atoms with Crippen LogP contribution in [0, 0.1) is 29.1 Å². The van der Waals surface area contributed by atoms with Crippen molar-refractivity contribution in [1.29, 1.82) is 0 Å². The van der Waals surface area contributed by atoms with Gasteiger partial charge in [-0.05, 0) is 62.7 Å². The summed E-state index contributed by atoms with van der Waals surface area (Å²) in [5.74, 6) is -0.331. The lowest BCUT2D eigenvalue weighted by Crippen LogP contribution is -2.62. The second-order valence-electron chi connectivity index (χ2n) is 9.82. The predicted octanol–water partition coefficient (Wildman–Crippen LogP) is 2.80. The third-order valence-corrected chi connectivity index (χ3v) is 8.43. The van der Waals surface area contributed by atoms with Crippen molar-refractivity contribution in [3.63, 3.8) is 0 Å². The maximum Gasteiger partial charge on any atom is 0.302 e. The molecule has 4 aliphatic rings. The van der Waals surface area contributed by atoms with Crippen LogP contribution in [0.3, 0.4) is 0 Å². The second-order valence-corrected chi connectivity index (χ2v) is 9.82. The Balaban J connectivity index is 1.56. The molecule has 0 bridgehead atoms. The Kier molecular flexibility index (Phi) is 4.84. The Bertz CT molecular complexity index is 689. The van der Waals surface area contributed by atoms with Crippen LogP contribution in [-0.2, 0) is 23.9 Å². The number of esters is 2. The first kappa shape index (κ1) is 19.9. The van der Waals surface area contributed by atoms with Crippen molar-refractivity contribution in [2.45, 2.75) is 89.9 Å². The van der Waals surface area contributed by atoms with Crippen LogP contribution >= 0.6 is 0 Å². The fraction of sp³-hybridized carbons (Fsp3) is 0.864. The first-order chi connectivity index (χ1) is 13.1. The fourth-order valence-corrected chi connectivity index (χ4v) is 7.26. The van der Waals surface area contributed by atoms with Crippen molar-refractivity contribution in [2.24, 2.45) is 29.1 Å². The van der Waals surface area contributed by atoms with Crippen LogP contribution in [0.15, 0.2) is 0 Å². The van der Waals surface area contributed by atoms with Crippen molar-refractivity contribution in [1.82, 2.24) is 0 Å². The summed E-state index contributed by atoms with van der Waals surface area (Å²) < 4.78 is 11.0. The molecule has 156 valence electrons. The van der Waals surface area contributed by atoms with Crippen molar-refractivity contribution in [3.8, 4) is 0 Å². The molecule has 0 aromatic carbocycles. The number of ether oxygens (including phenoxy) is 2. The molecule has 8 atom stereocenters. The molecule has 0 saturated heterocycles. The highest BCUT2D eigenvalue weighted by Crippen LogP contribution is 2.63. The van der Waals surface area contributed by atoms with Gasteiger partial charge in [-0.2, -0.15) is 0 Å². The van der Waals surface area contributed by atoms with E-state index in [0.29, 0.717) is 31.6 Å². The number of Topliss-reactive ketones (excluding diaryl/α,β-unsaturated/α-hetero) is 1. The normalized spacial score (nSPS) is 47.5. The summed E-state index contributed by atoms with van der Waals surface area (Å²) in [7, 11) is 0. The van der Waals surface area contributed by atoms with Crippen molar-refractivity contribution in [3.05, 3.63) is 0 Å². The molecule has 0 spiro atoms. The molecule has 0 amide bonds. The zero-order valence-corrected chi connectivity index (χ0v) is 17.1. The van der Waals surface area contributed by atoms with Gasteiger partial charge in [0, 0.05) is 25.7 Å². The molecular weight excluding hydrogens is 360 g/mol. The molecule has 1 N–H and O–H groups in total. The van der Waals surface area contributed by atoms with Crippen LogP contribution in [-0.4, -0.2) is 40.6 Å². The average Bonchev–Trinajstić information content (AvgIpc) is 2.92. The molecular formula is C22H32O6. The fourth-order valence-electron chi connectivity index (χ4n) is 7.26. The number of rotatable bonds is 2. The smallest absolute Gasteiger partial charge is 0.302 e. The van der Waals surface area contributed by atoms with E-state index in [9.17, 15) is 19.5 Å². The van der Waals surface area contributed by atoms with Crippen LogP contribution in [0.4, 0.5) is 0 Å². The molecule has 28 heavy (non-hydrogen) atoms. The molecule has 4 saturated carbocycles. The van der Waals surface area contributed by atoms with Gasteiger partial charge < -0.3 is 14.6 Å². The van der Waals surface area contributed by atoms with E-state index in [0.717, 1.165) is 25.7 Å². The molecule has 0 heterocycles. The summed E-state index contributed by atoms with van der Waals surface area (Å²) in [6.07, 6.45) is 5.25. The van der Waals surface area contributed by atoms with Gasteiger partial charge >= 0.3 is 11.9 Å². The van der Waals surface area contributed by atoms with Gasteiger partial charge in [0.1, 0.15) is 18.0 Å². The molecule has 4 aliphatic carbocycles. The number of aliphatic hydroxyl groups is 1. The third-order valence-electron chi connectivity index (χ3n) is 8.43. The SMILES string of the molecule is CC(=O)O[C@H]1CC[C@@]2(O)[C@H](C1)C(=O)C[C@H]1[C@@H]3CC[C@H](OC(C)=O)[C@@]3(C)CC[C@@H]12. The van der Waals surface area contributed by atoms with Gasteiger partial charge in [-0.25, -0.2) is 0 Å². The summed E-state index contributed by atoms with van der Waals surface area (Å²) in [6.45, 7) is 5.05. The van der Waals surface area contributed by atoms with Crippen LogP contribution in [0.25, 0.3) is 0 Å². The van der Waals surface area contributed by atoms with E-state index < -0.39 is 11.5 Å². The summed E-state index contributed by atoms with van der Waals surface area (Å²) in [6, 6.07) is 0. The van der Waals surface area contributed by atoms with Crippen LogP contribution in [0.2, 0.25) is 0 Å². The zero-order valence-electron chi connectivity index (χ0n) is 17.1. The van der Waals surface area contributed by atoms with E-state index >= 15 is 0 Å². The Morgan fingerprint density at radius 2 is 1.71 bits per heavy atom. The van der Waals surface area contributed by atoms with Crippen molar-refractivity contribution < 1.29 is 29.0 Å². The summed E-state index contributed by atoms with van der Waals surface area (Å²) in [5, 5.41) is 11.7. The second kappa shape index (κ2) is 6.82. The molecule has 0 radical (unpaired) electrons. The van der Waals surface area contributed by atoms with Crippen LogP contribution < -0.4 is 0 Å². The molecule has 0 aromatic heterocycles. The van der Waals surface area contributed by atoms with Gasteiger partial charge in [-0.3, -0.25) is 14.4 Å². The number of hydrogen-bond donors (Lipinski definition) is 1. The largest absolute Gasteiger partial charge is 0.463 e. The highest BCUT2D eigenvalue weighted by molar-refractivity contribution is 5.84. The van der Waals surface area contributed by atoms with Gasteiger partial charge in [0.15, 0.2) is 0 Å². The topological polar surface area (TPSA) is 89.9 Å². The van der Waals surface area contributed by atoms with Gasteiger partial charge in [0.05, 0.1) is 11.5 Å². The molecule has 4 fully saturated rings. The van der Waals surface area contributed by atoms with E-state index in [1.165, 1.54) is 13.8 Å². The standard InChI is InChI=1S/C22H32O6/c1-12(23)27-14-6-9-22(26)17-7-8-21(3)16(4-5-20(21)28-13(2)24)15(17)11-19(25)18(22)10-14/h14-18,20,26H,4-11H2,1-3H3/t14-,15-,16-,17-,18+,20-,21-,22-/m0/s1. The highest BCUT2D eigenvalue weighted by atomic mass is 16.5. The van der Waals surface area contributed by atoms with E-state index in [2.05, 4.69) is 6.92 Å². The maximum atomic E-state index is 13.1. The Morgan fingerprint density at radius 3 is 2.39 bits per heavy atom. The van der Waals surface area contributed by atoms with E-state index in [4.69, 9.17) is 9.47 Å². The summed E-state index contributed by atoms with van der Waals surface area (Å²) in [5.41, 5.74) is -1.09. The Labute approximate surface area is 166 Å². The van der Waals surface area contributed by atoms with Gasteiger partial charge in [0.2, 0.25) is 0 Å². The van der Waals surface area contributed by atoms with Gasteiger partial charge in [0.25, 0.3) is 0 Å². The number of hydrogen-bond acceptors (Lipinski definition) is 6. The molecule has 0 unspecified atom stereocenters. The number of carbonyl (C=O) groups is 3. The summed E-state index contributed by atoms with van der Waals surface area (Å²) in [4.78, 5) is 36.0. The monoisotopic (exact) mass is 392 g/mol. The lowest BCUT2D eigenvalue weighted by atomic mass is 9.48. The van der Waals surface area contributed by atoms with E-state index in [1.54, 1.807) is 0 Å². The maximum absolute atomic E-state index is 13.1. The molecule has 6 heteroatoms. The number of fused-ring (bicyclic) bond motifs is 5. The lowest BCUT2D eigenvalue weighted by molar-refractivity contribution is -0.199. The van der Waals surface area contributed by atoms with Crippen LogP contribution in [0.1, 0.15) is 72.1 Å². The quantitative estimate of drug-likeness (QED) is 0.727. The third kappa shape index (κ3) is 2.99. The molecule has 6 nitrogen and oxygen atoms in total.